The summed E-state index contributed by atoms with van der Waals surface area (Å²) in [5.74, 6) is 0.693. The molecule has 0 bridgehead atoms. The van der Waals surface area contributed by atoms with E-state index in [2.05, 4.69) is 24.4 Å². The van der Waals surface area contributed by atoms with Gasteiger partial charge in [-0.1, -0.05) is 74.8 Å². The average Bonchev–Trinajstić information content (AvgIpc) is 3.67. The molecular weight excluding hydrogens is 490 g/mol. The van der Waals surface area contributed by atoms with Crippen LogP contribution in [0.3, 0.4) is 0 Å². The first-order valence-electron chi connectivity index (χ1n) is 13.3. The summed E-state index contributed by atoms with van der Waals surface area (Å²) in [5.41, 5.74) is 3.18. The summed E-state index contributed by atoms with van der Waals surface area (Å²) < 4.78 is 8.30. The van der Waals surface area contributed by atoms with Gasteiger partial charge in [-0.2, -0.15) is 0 Å². The van der Waals surface area contributed by atoms with E-state index in [1.165, 1.54) is 43.0 Å². The number of para-hydroxylation sites is 1. The number of aryl methyl sites for hydroxylation is 1. The van der Waals surface area contributed by atoms with Crippen molar-refractivity contribution in [2.75, 3.05) is 19.7 Å². The third-order valence-electron chi connectivity index (χ3n) is 7.65. The number of carbonyl (C=O) groups is 2. The summed E-state index contributed by atoms with van der Waals surface area (Å²) in [4.78, 5) is 28.5. The van der Waals surface area contributed by atoms with Crippen molar-refractivity contribution >= 4 is 57.1 Å². The first-order chi connectivity index (χ1) is 17.5. The molecule has 0 unspecified atom stereocenters. The molecule has 0 spiro atoms. The van der Waals surface area contributed by atoms with Gasteiger partial charge in [0.15, 0.2) is 0 Å². The van der Waals surface area contributed by atoms with E-state index in [4.69, 9.17) is 17.0 Å². The van der Waals surface area contributed by atoms with Crippen molar-refractivity contribution in [3.63, 3.8) is 0 Å². The number of amides is 2. The van der Waals surface area contributed by atoms with Crippen LogP contribution in [-0.2, 0) is 27.3 Å². The number of nitrogens with one attached hydrogen (secondary N) is 1. The number of fused-ring (bicyclic) bond motifs is 1. The number of benzene rings is 1. The summed E-state index contributed by atoms with van der Waals surface area (Å²) in [6, 6.07) is 6.23. The van der Waals surface area contributed by atoms with Crippen molar-refractivity contribution in [2.24, 2.45) is 5.92 Å². The van der Waals surface area contributed by atoms with Gasteiger partial charge in [-0.05, 0) is 43.2 Å². The molecule has 1 aliphatic carbocycles. The summed E-state index contributed by atoms with van der Waals surface area (Å²) in [5, 5.41) is 4.08. The molecule has 1 atom stereocenters. The fraction of sp³-hybridized carbons (Fsp3) is 0.536. The molecule has 2 aliphatic heterocycles. The Labute approximate surface area is 222 Å². The Bertz CT molecular complexity index is 1180. The van der Waals surface area contributed by atoms with Gasteiger partial charge in [0.05, 0.1) is 16.5 Å². The average molecular weight is 526 g/mol. The molecule has 2 aromatic rings. The minimum atomic E-state index is -0.0295. The third-order valence-corrected chi connectivity index (χ3v) is 9.03. The van der Waals surface area contributed by atoms with Crippen molar-refractivity contribution in [3.05, 3.63) is 40.4 Å². The molecule has 5 rings (SSSR count). The summed E-state index contributed by atoms with van der Waals surface area (Å²) >= 11 is 6.97. The first-order valence-corrected chi connectivity index (χ1v) is 14.5. The lowest BCUT2D eigenvalue weighted by Crippen LogP contribution is -2.34. The second-order valence-corrected chi connectivity index (χ2v) is 11.8. The van der Waals surface area contributed by atoms with Gasteiger partial charge >= 0.3 is 0 Å². The molecule has 1 aromatic carbocycles. The molecule has 1 saturated carbocycles. The van der Waals surface area contributed by atoms with Crippen molar-refractivity contribution in [1.82, 2.24) is 14.8 Å². The molecule has 36 heavy (non-hydrogen) atoms. The maximum atomic E-state index is 13.2. The van der Waals surface area contributed by atoms with Crippen LogP contribution in [0.25, 0.3) is 17.0 Å². The van der Waals surface area contributed by atoms with Gasteiger partial charge in [0.1, 0.15) is 10.9 Å². The fourth-order valence-electron chi connectivity index (χ4n) is 5.68. The van der Waals surface area contributed by atoms with Gasteiger partial charge in [0, 0.05) is 36.8 Å². The number of carbonyl (C=O) groups excluding carboxylic acids is 2. The van der Waals surface area contributed by atoms with Crippen molar-refractivity contribution in [2.45, 2.75) is 70.9 Å². The van der Waals surface area contributed by atoms with Crippen LogP contribution in [0.5, 0.6) is 0 Å². The molecule has 2 saturated heterocycles. The van der Waals surface area contributed by atoms with Gasteiger partial charge in [-0.15, -0.1) is 0 Å². The highest BCUT2D eigenvalue weighted by Crippen LogP contribution is 2.36. The lowest BCUT2D eigenvalue weighted by atomic mass is 10.0. The lowest BCUT2D eigenvalue weighted by molar-refractivity contribution is -0.123. The molecule has 0 radical (unpaired) electrons. The third kappa shape index (κ3) is 5.55. The molecule has 3 fully saturated rings. The largest absolute Gasteiger partial charge is 0.376 e. The van der Waals surface area contributed by atoms with Crippen LogP contribution in [0.4, 0.5) is 0 Å². The number of nitrogens with zero attached hydrogens (tertiary/aromatic N) is 2. The zero-order valence-corrected chi connectivity index (χ0v) is 22.6. The van der Waals surface area contributed by atoms with Crippen LogP contribution >= 0.6 is 24.0 Å². The maximum Gasteiger partial charge on any atom is 0.266 e. The minimum absolute atomic E-state index is 0.00449. The quantitative estimate of drug-likeness (QED) is 0.357. The molecule has 8 heteroatoms. The lowest BCUT2D eigenvalue weighted by Gasteiger charge is -2.17. The van der Waals surface area contributed by atoms with Crippen molar-refractivity contribution in [1.29, 1.82) is 0 Å². The maximum absolute atomic E-state index is 13.2. The SMILES string of the molecule is CCc1cccc2c(/C=C3\SC(=S)N(CCC4CCCC4)C3=O)cn(CC(=O)NC[C@@H]3CCCO3)c12. The highest BCUT2D eigenvalue weighted by atomic mass is 32.2. The Kier molecular flexibility index (Phi) is 8.13. The number of thioether (sulfide) groups is 1. The Balaban J connectivity index is 1.35. The molecule has 192 valence electrons. The normalized spacial score (nSPS) is 22.0. The smallest absolute Gasteiger partial charge is 0.266 e. The highest BCUT2D eigenvalue weighted by Gasteiger charge is 2.33. The van der Waals surface area contributed by atoms with Crippen molar-refractivity contribution in [3.8, 4) is 0 Å². The van der Waals surface area contributed by atoms with E-state index < -0.39 is 0 Å². The number of rotatable bonds is 9. The van der Waals surface area contributed by atoms with Gasteiger partial charge in [0.25, 0.3) is 5.91 Å². The van der Waals surface area contributed by atoms with Gasteiger partial charge < -0.3 is 14.6 Å². The standard InChI is InChI=1S/C28H35N3O3S2/c1-2-20-9-5-11-23-21(17-30(26(20)23)18-25(32)29-16-22-10-6-14-34-22)15-24-27(33)31(28(35)36-24)13-12-19-7-3-4-8-19/h5,9,11,15,17,19,22H,2-4,6-8,10,12-14,16,18H2,1H3,(H,29,32)/b24-15-/t22-/m0/s1. The first kappa shape index (κ1) is 25.5. The molecule has 3 aliphatic rings. The van der Waals surface area contributed by atoms with Gasteiger partial charge in [-0.25, -0.2) is 0 Å². The van der Waals surface area contributed by atoms with E-state index >= 15 is 0 Å². The van der Waals surface area contributed by atoms with E-state index in [0.29, 0.717) is 22.3 Å². The molecule has 3 heterocycles. The Hall–Kier alpha value is -2.16. The summed E-state index contributed by atoms with van der Waals surface area (Å²) in [6.07, 6.45) is 13.2. The number of thiocarbonyl (C=S) groups is 1. The molecule has 1 aromatic heterocycles. The Morgan fingerprint density at radius 2 is 2.08 bits per heavy atom. The van der Waals surface area contributed by atoms with Crippen LogP contribution in [0.1, 0.15) is 63.0 Å². The monoisotopic (exact) mass is 525 g/mol. The molecule has 1 N–H and O–H groups in total. The van der Waals surface area contributed by atoms with Crippen LogP contribution in [0.2, 0.25) is 0 Å². The van der Waals surface area contributed by atoms with Gasteiger partial charge in [0.2, 0.25) is 5.91 Å². The number of aromatic nitrogens is 1. The zero-order valence-electron chi connectivity index (χ0n) is 21.0. The second-order valence-electron chi connectivity index (χ2n) is 10.1. The van der Waals surface area contributed by atoms with Crippen LogP contribution in [-0.4, -0.2) is 51.4 Å². The van der Waals surface area contributed by atoms with Crippen LogP contribution < -0.4 is 5.32 Å². The highest BCUT2D eigenvalue weighted by molar-refractivity contribution is 8.26. The summed E-state index contributed by atoms with van der Waals surface area (Å²) in [6.45, 7) is 4.39. The molecule has 6 nitrogen and oxygen atoms in total. The van der Waals surface area contributed by atoms with Crippen LogP contribution in [0, 0.1) is 5.92 Å². The Morgan fingerprint density at radius 1 is 1.25 bits per heavy atom. The van der Waals surface area contributed by atoms with Gasteiger partial charge in [-0.3, -0.25) is 14.5 Å². The molecular formula is C28H35N3O3S2. The van der Waals surface area contributed by atoms with E-state index in [9.17, 15) is 9.59 Å². The number of ether oxygens (including phenoxy) is 1. The van der Waals surface area contributed by atoms with Crippen LogP contribution in [0.15, 0.2) is 29.3 Å². The zero-order chi connectivity index (χ0) is 25.1. The summed E-state index contributed by atoms with van der Waals surface area (Å²) in [7, 11) is 0. The minimum Gasteiger partial charge on any atom is -0.376 e. The Morgan fingerprint density at radius 3 is 2.83 bits per heavy atom. The fourth-order valence-corrected chi connectivity index (χ4v) is 6.98. The molecule has 2 amide bonds. The van der Waals surface area contributed by atoms with E-state index in [1.807, 2.05) is 22.9 Å². The predicted molar refractivity (Wildman–Crippen MR) is 150 cm³/mol. The van der Waals surface area contributed by atoms with E-state index in [-0.39, 0.29) is 24.5 Å². The topological polar surface area (TPSA) is 63.6 Å². The van der Waals surface area contributed by atoms with E-state index in [0.717, 1.165) is 54.7 Å². The predicted octanol–water partition coefficient (Wildman–Crippen LogP) is 5.28. The van der Waals surface area contributed by atoms with E-state index in [1.54, 1.807) is 4.90 Å². The van der Waals surface area contributed by atoms with Crippen molar-refractivity contribution < 1.29 is 14.3 Å². The number of hydrogen-bond donors (Lipinski definition) is 1. The second kappa shape index (κ2) is 11.5. The number of hydrogen-bond acceptors (Lipinski definition) is 5.